The van der Waals surface area contributed by atoms with E-state index >= 15 is 0 Å². The van der Waals surface area contributed by atoms with Gasteiger partial charge in [0, 0.05) is 11.6 Å². The molecule has 0 amide bonds. The van der Waals surface area contributed by atoms with Crippen LogP contribution in [-0.4, -0.2) is 35.8 Å². The lowest BCUT2D eigenvalue weighted by Crippen LogP contribution is -2.33. The van der Waals surface area contributed by atoms with Crippen molar-refractivity contribution in [2.75, 3.05) is 6.61 Å². The summed E-state index contributed by atoms with van der Waals surface area (Å²) in [5, 5.41) is 0. The number of carbonyl (C=O) groups excluding carboxylic acids is 1. The average molecular weight is 347 g/mol. The van der Waals surface area contributed by atoms with Gasteiger partial charge in [-0.2, -0.15) is 0 Å². The maximum absolute atomic E-state index is 11.1. The van der Waals surface area contributed by atoms with Gasteiger partial charge in [0.25, 0.3) is 0 Å². The van der Waals surface area contributed by atoms with Crippen molar-refractivity contribution in [1.82, 2.24) is 0 Å². The number of esters is 1. The van der Waals surface area contributed by atoms with E-state index in [9.17, 15) is 4.79 Å². The first kappa shape index (κ1) is 22.3. The minimum absolute atomic E-state index is 0.161. The molecule has 23 heavy (non-hydrogen) atoms. The molecule has 0 atom stereocenters. The maximum Gasteiger partial charge on any atom is 0.492 e. The number of rotatable bonds is 15. The Hall–Kier alpha value is -0.693. The lowest BCUT2D eigenvalue weighted by atomic mass is 10.1. The van der Waals surface area contributed by atoms with Gasteiger partial charge in [-0.1, -0.05) is 64.4 Å². The van der Waals surface area contributed by atoms with Crippen LogP contribution in [0.3, 0.4) is 0 Å². The largest absolute Gasteiger partial charge is 0.492 e. The van der Waals surface area contributed by atoms with Crippen molar-refractivity contribution in [3.8, 4) is 0 Å². The zero-order valence-electron chi connectivity index (χ0n) is 14.6. The fourth-order valence-electron chi connectivity index (χ4n) is 2.34. The standard InChI is InChI=1S/C17H34O5Si/c1-16(2)17(18)22-14-12-10-8-6-4-3-5-7-9-11-13-15-23(19,20)21/h19-21H,1,3-15H2,2H3. The summed E-state index contributed by atoms with van der Waals surface area (Å²) in [5.41, 5.74) is 0.454. The summed E-state index contributed by atoms with van der Waals surface area (Å²) >= 11 is 0. The number of hydrogen-bond acceptors (Lipinski definition) is 5. The van der Waals surface area contributed by atoms with Crippen LogP contribution in [0.15, 0.2) is 12.2 Å². The summed E-state index contributed by atoms with van der Waals surface area (Å²) in [5.74, 6) is -0.296. The highest BCUT2D eigenvalue weighted by atomic mass is 28.4. The normalized spacial score (nSPS) is 11.5. The number of carbonyl (C=O) groups is 1. The molecule has 0 aliphatic rings. The third-order valence-corrected chi connectivity index (χ3v) is 4.76. The van der Waals surface area contributed by atoms with Crippen LogP contribution in [0.4, 0.5) is 0 Å². The molecule has 0 aromatic heterocycles. The molecule has 0 heterocycles. The Bertz CT molecular complexity index is 325. The van der Waals surface area contributed by atoms with Gasteiger partial charge < -0.3 is 19.1 Å². The molecule has 0 saturated heterocycles. The van der Waals surface area contributed by atoms with Crippen LogP contribution in [0.1, 0.15) is 77.6 Å². The van der Waals surface area contributed by atoms with Crippen LogP contribution in [0, 0.1) is 0 Å². The van der Waals surface area contributed by atoms with Crippen molar-refractivity contribution in [3.63, 3.8) is 0 Å². The highest BCUT2D eigenvalue weighted by Gasteiger charge is 2.25. The van der Waals surface area contributed by atoms with Crippen molar-refractivity contribution >= 4 is 14.8 Å². The summed E-state index contributed by atoms with van der Waals surface area (Å²) in [6, 6.07) is 0.161. The number of ether oxygens (including phenoxy) is 1. The minimum atomic E-state index is -3.80. The molecule has 0 aromatic rings. The molecule has 3 N–H and O–H groups in total. The molecule has 0 spiro atoms. The van der Waals surface area contributed by atoms with Gasteiger partial charge in [0.2, 0.25) is 0 Å². The lowest BCUT2D eigenvalue weighted by molar-refractivity contribution is -0.139. The van der Waals surface area contributed by atoms with Gasteiger partial charge in [0.1, 0.15) is 0 Å². The van der Waals surface area contributed by atoms with Crippen LogP contribution in [0.5, 0.6) is 0 Å². The van der Waals surface area contributed by atoms with Gasteiger partial charge in [-0.25, -0.2) is 4.79 Å². The Kier molecular flexibility index (Phi) is 13.3. The predicted molar refractivity (Wildman–Crippen MR) is 93.8 cm³/mol. The van der Waals surface area contributed by atoms with Crippen LogP contribution in [-0.2, 0) is 9.53 Å². The third kappa shape index (κ3) is 17.5. The van der Waals surface area contributed by atoms with Crippen LogP contribution < -0.4 is 0 Å². The van der Waals surface area contributed by atoms with E-state index in [1.165, 1.54) is 38.5 Å². The van der Waals surface area contributed by atoms with Crippen molar-refractivity contribution in [3.05, 3.63) is 12.2 Å². The van der Waals surface area contributed by atoms with Crippen LogP contribution >= 0.6 is 0 Å². The van der Waals surface area contributed by atoms with Gasteiger partial charge in [-0.05, 0) is 19.8 Å². The Morgan fingerprint density at radius 3 is 1.61 bits per heavy atom. The van der Waals surface area contributed by atoms with Crippen molar-refractivity contribution < 1.29 is 23.9 Å². The van der Waals surface area contributed by atoms with Crippen LogP contribution in [0.2, 0.25) is 6.04 Å². The Morgan fingerprint density at radius 2 is 1.22 bits per heavy atom. The molecule has 0 bridgehead atoms. The van der Waals surface area contributed by atoms with Crippen LogP contribution in [0.25, 0.3) is 0 Å². The first-order valence-electron chi connectivity index (χ1n) is 8.82. The van der Waals surface area contributed by atoms with E-state index in [2.05, 4.69) is 6.58 Å². The first-order chi connectivity index (χ1) is 10.8. The summed E-state index contributed by atoms with van der Waals surface area (Å²) in [6.45, 7) is 5.69. The Morgan fingerprint density at radius 1 is 0.826 bits per heavy atom. The van der Waals surface area contributed by atoms with Gasteiger partial charge in [0.15, 0.2) is 0 Å². The zero-order valence-corrected chi connectivity index (χ0v) is 15.6. The lowest BCUT2D eigenvalue weighted by Gasteiger charge is -2.08. The molecule has 0 radical (unpaired) electrons. The van der Waals surface area contributed by atoms with E-state index in [0.717, 1.165) is 25.7 Å². The molecule has 0 saturated carbocycles. The first-order valence-corrected chi connectivity index (χ1v) is 10.9. The Labute approximate surface area is 141 Å². The second-order valence-corrected chi connectivity index (χ2v) is 8.38. The van der Waals surface area contributed by atoms with E-state index in [0.29, 0.717) is 18.6 Å². The molecule has 0 rings (SSSR count). The molecule has 0 unspecified atom stereocenters. The smallest absolute Gasteiger partial charge is 0.462 e. The second-order valence-electron chi connectivity index (χ2n) is 6.33. The highest BCUT2D eigenvalue weighted by Crippen LogP contribution is 2.13. The summed E-state index contributed by atoms with van der Waals surface area (Å²) < 4.78 is 5.03. The van der Waals surface area contributed by atoms with E-state index in [-0.39, 0.29) is 12.0 Å². The second kappa shape index (κ2) is 13.7. The molecular weight excluding hydrogens is 312 g/mol. The van der Waals surface area contributed by atoms with E-state index in [1.807, 2.05) is 0 Å². The molecule has 0 aliphatic carbocycles. The van der Waals surface area contributed by atoms with Gasteiger partial charge in [-0.15, -0.1) is 0 Å². The van der Waals surface area contributed by atoms with Crippen molar-refractivity contribution in [1.29, 1.82) is 0 Å². The van der Waals surface area contributed by atoms with Gasteiger partial charge in [0.05, 0.1) is 6.61 Å². The number of unbranched alkanes of at least 4 members (excludes halogenated alkanes) is 10. The number of hydrogen-bond donors (Lipinski definition) is 3. The van der Waals surface area contributed by atoms with E-state index < -0.39 is 8.80 Å². The molecule has 0 aliphatic heterocycles. The maximum atomic E-state index is 11.1. The fraction of sp³-hybridized carbons (Fsp3) is 0.824. The van der Waals surface area contributed by atoms with E-state index in [1.54, 1.807) is 6.92 Å². The highest BCUT2D eigenvalue weighted by molar-refractivity contribution is 6.56. The van der Waals surface area contributed by atoms with Gasteiger partial charge in [-0.3, -0.25) is 0 Å². The molecular formula is C17H34O5Si. The van der Waals surface area contributed by atoms with Gasteiger partial charge >= 0.3 is 14.8 Å². The summed E-state index contributed by atoms with van der Waals surface area (Å²) in [7, 11) is -3.80. The summed E-state index contributed by atoms with van der Waals surface area (Å²) in [4.78, 5) is 37.7. The molecule has 5 nitrogen and oxygen atoms in total. The third-order valence-electron chi connectivity index (χ3n) is 3.74. The minimum Gasteiger partial charge on any atom is -0.462 e. The quantitative estimate of drug-likeness (QED) is 0.183. The zero-order chi connectivity index (χ0) is 17.6. The molecule has 0 aromatic carbocycles. The topological polar surface area (TPSA) is 87.0 Å². The fourth-order valence-corrected chi connectivity index (χ4v) is 3.07. The summed E-state index contributed by atoms with van der Waals surface area (Å²) in [6.07, 6.45) is 12.0. The molecule has 136 valence electrons. The Balaban J connectivity index is 3.14. The van der Waals surface area contributed by atoms with Crippen molar-refractivity contribution in [2.24, 2.45) is 0 Å². The predicted octanol–water partition coefficient (Wildman–Crippen LogP) is 3.31. The molecule has 6 heteroatoms. The SMILES string of the molecule is C=C(C)C(=O)OCCCCCCCCCCCCC[Si](O)(O)O. The molecule has 0 fully saturated rings. The van der Waals surface area contributed by atoms with Crippen molar-refractivity contribution in [2.45, 2.75) is 83.6 Å². The average Bonchev–Trinajstić information content (AvgIpc) is 2.46. The monoisotopic (exact) mass is 346 g/mol. The van der Waals surface area contributed by atoms with E-state index in [4.69, 9.17) is 19.1 Å².